The summed E-state index contributed by atoms with van der Waals surface area (Å²) in [6.45, 7) is 12.4. The average molecular weight is 409 g/mol. The average Bonchev–Trinajstić information content (AvgIpc) is 2.96. The van der Waals surface area contributed by atoms with E-state index in [2.05, 4.69) is 101 Å². The molecule has 0 N–H and O–H groups in total. The smallest absolute Gasteiger partial charge is 0.399 e. The van der Waals surface area contributed by atoms with Crippen molar-refractivity contribution in [1.29, 1.82) is 0 Å². The van der Waals surface area contributed by atoms with Crippen LogP contribution in [0.2, 0.25) is 0 Å². The Bertz CT molecular complexity index is 1030. The molecule has 0 amide bonds. The summed E-state index contributed by atoms with van der Waals surface area (Å²) in [5.74, 6) is 0. The predicted molar refractivity (Wildman–Crippen MR) is 132 cm³/mol. The van der Waals surface area contributed by atoms with Crippen LogP contribution in [-0.2, 0) is 9.31 Å². The number of benzene rings is 3. The van der Waals surface area contributed by atoms with Crippen LogP contribution in [0.25, 0.3) is 0 Å². The fourth-order valence-corrected chi connectivity index (χ4v) is 4.09. The van der Waals surface area contributed by atoms with E-state index in [0.717, 1.165) is 33.7 Å². The van der Waals surface area contributed by atoms with Crippen molar-refractivity contribution in [3.8, 4) is 0 Å². The van der Waals surface area contributed by atoms with Gasteiger partial charge in [0.1, 0.15) is 7.85 Å². The molecule has 5 heteroatoms. The Hall–Kier alpha value is -2.49. The second-order valence-corrected chi connectivity index (χ2v) is 9.26. The minimum absolute atomic E-state index is 0.412. The van der Waals surface area contributed by atoms with Crippen LogP contribution in [0.3, 0.4) is 0 Å². The summed E-state index contributed by atoms with van der Waals surface area (Å²) >= 11 is 0. The van der Waals surface area contributed by atoms with Gasteiger partial charge in [-0.15, -0.1) is 0 Å². The highest BCUT2D eigenvalue weighted by Crippen LogP contribution is 2.39. The van der Waals surface area contributed by atoms with Crippen LogP contribution >= 0.6 is 0 Å². The van der Waals surface area contributed by atoms with Crippen molar-refractivity contribution in [2.24, 2.45) is 0 Å². The van der Waals surface area contributed by atoms with Gasteiger partial charge in [0.05, 0.1) is 16.9 Å². The molecular weight excluding hydrogens is 380 g/mol. The minimum Gasteiger partial charge on any atom is -0.399 e. The van der Waals surface area contributed by atoms with E-state index < -0.39 is 18.3 Å². The maximum absolute atomic E-state index is 6.72. The van der Waals surface area contributed by atoms with Crippen molar-refractivity contribution in [2.45, 2.75) is 52.7 Å². The van der Waals surface area contributed by atoms with Crippen molar-refractivity contribution in [3.05, 3.63) is 77.9 Å². The minimum atomic E-state index is -0.488. The van der Waals surface area contributed by atoms with Crippen molar-refractivity contribution >= 4 is 43.0 Å². The number of para-hydroxylation sites is 2. The molecule has 2 radical (unpaired) electrons. The predicted octanol–water partition coefficient (Wildman–Crippen LogP) is 4.87. The quantitative estimate of drug-likeness (QED) is 0.575. The molecule has 3 aromatic carbocycles. The van der Waals surface area contributed by atoms with Crippen molar-refractivity contribution < 1.29 is 9.31 Å². The summed E-state index contributed by atoms with van der Waals surface area (Å²) in [4.78, 5) is 2.26. The van der Waals surface area contributed by atoms with Gasteiger partial charge in [-0.25, -0.2) is 0 Å². The van der Waals surface area contributed by atoms with Crippen LogP contribution in [0.4, 0.5) is 17.1 Å². The molecule has 0 spiro atoms. The maximum atomic E-state index is 6.72. The fraction of sp³-hybridized carbons (Fsp3) is 0.308. The summed E-state index contributed by atoms with van der Waals surface area (Å²) in [6, 6.07) is 22.8. The molecule has 3 aromatic rings. The van der Waals surface area contributed by atoms with Gasteiger partial charge in [-0.05, 0) is 82.4 Å². The molecule has 156 valence electrons. The number of hydrogen-bond acceptors (Lipinski definition) is 3. The maximum Gasteiger partial charge on any atom is 0.494 e. The van der Waals surface area contributed by atoms with Crippen LogP contribution in [0.15, 0.2) is 66.7 Å². The molecule has 0 bridgehead atoms. The van der Waals surface area contributed by atoms with Crippen LogP contribution in [-0.4, -0.2) is 26.2 Å². The molecule has 1 saturated heterocycles. The van der Waals surface area contributed by atoms with E-state index in [-0.39, 0.29) is 0 Å². The van der Waals surface area contributed by atoms with Crippen LogP contribution in [0.5, 0.6) is 0 Å². The Balaban J connectivity index is 1.85. The highest BCUT2D eigenvalue weighted by Gasteiger charge is 2.52. The lowest BCUT2D eigenvalue weighted by Gasteiger charge is -2.32. The Morgan fingerprint density at radius 1 is 0.774 bits per heavy atom. The Morgan fingerprint density at radius 2 is 1.23 bits per heavy atom. The molecule has 1 aliphatic rings. The first-order valence-electron chi connectivity index (χ1n) is 10.8. The van der Waals surface area contributed by atoms with E-state index in [1.807, 2.05) is 12.1 Å². The van der Waals surface area contributed by atoms with E-state index in [4.69, 9.17) is 17.2 Å². The first-order valence-corrected chi connectivity index (χ1v) is 10.8. The lowest BCUT2D eigenvalue weighted by molar-refractivity contribution is 0.00578. The molecule has 4 rings (SSSR count). The van der Waals surface area contributed by atoms with Gasteiger partial charge in [-0.3, -0.25) is 0 Å². The fourth-order valence-electron chi connectivity index (χ4n) is 4.09. The van der Waals surface area contributed by atoms with Crippen LogP contribution < -0.4 is 15.8 Å². The summed E-state index contributed by atoms with van der Waals surface area (Å²) in [5, 5.41) is 0. The van der Waals surface area contributed by atoms with Crippen LogP contribution in [0.1, 0.15) is 38.8 Å². The summed E-state index contributed by atoms with van der Waals surface area (Å²) < 4.78 is 12.6. The molecule has 0 unspecified atom stereocenters. The van der Waals surface area contributed by atoms with Gasteiger partial charge in [-0.1, -0.05) is 47.9 Å². The monoisotopic (exact) mass is 409 g/mol. The second kappa shape index (κ2) is 7.89. The van der Waals surface area contributed by atoms with E-state index in [1.54, 1.807) is 0 Å². The van der Waals surface area contributed by atoms with E-state index >= 15 is 0 Å². The zero-order chi connectivity index (χ0) is 22.4. The number of hydrogen-bond donors (Lipinski definition) is 0. The molecule has 1 aliphatic heterocycles. The molecule has 0 saturated carbocycles. The second-order valence-electron chi connectivity index (χ2n) is 9.26. The van der Waals surface area contributed by atoms with Gasteiger partial charge in [0, 0.05) is 11.4 Å². The summed E-state index contributed by atoms with van der Waals surface area (Å²) in [5.41, 5.74) is 6.14. The van der Waals surface area contributed by atoms with Gasteiger partial charge >= 0.3 is 7.12 Å². The normalized spacial score (nSPS) is 17.0. The third kappa shape index (κ3) is 3.81. The number of rotatable bonds is 4. The molecule has 0 atom stereocenters. The van der Waals surface area contributed by atoms with E-state index in [0.29, 0.717) is 5.46 Å². The van der Waals surface area contributed by atoms with Gasteiger partial charge < -0.3 is 14.2 Å². The van der Waals surface area contributed by atoms with Crippen molar-refractivity contribution in [3.63, 3.8) is 0 Å². The molecule has 3 nitrogen and oxygen atoms in total. The topological polar surface area (TPSA) is 21.7 Å². The van der Waals surface area contributed by atoms with E-state index in [9.17, 15) is 0 Å². The molecule has 0 aromatic heterocycles. The number of nitrogens with zero attached hydrogens (tertiary/aromatic N) is 1. The van der Waals surface area contributed by atoms with Gasteiger partial charge in [0.15, 0.2) is 0 Å². The van der Waals surface area contributed by atoms with Crippen LogP contribution in [0, 0.1) is 13.8 Å². The zero-order valence-electron chi connectivity index (χ0n) is 19.3. The lowest BCUT2D eigenvalue weighted by atomic mass is 9.68. The highest BCUT2D eigenvalue weighted by molar-refractivity contribution is 6.68. The number of aryl methyl sites for hydroxylation is 1. The summed E-state index contributed by atoms with van der Waals surface area (Å²) in [7, 11) is 6.23. The molecule has 0 aliphatic carbocycles. The molecule has 1 heterocycles. The summed E-state index contributed by atoms with van der Waals surface area (Å²) in [6.07, 6.45) is 0. The lowest BCUT2D eigenvalue weighted by Crippen LogP contribution is -2.45. The first kappa shape index (κ1) is 21.7. The zero-order valence-corrected chi connectivity index (χ0v) is 19.3. The molecule has 1 fully saturated rings. The Morgan fingerprint density at radius 3 is 1.68 bits per heavy atom. The largest absolute Gasteiger partial charge is 0.494 e. The van der Waals surface area contributed by atoms with E-state index in [1.165, 1.54) is 0 Å². The first-order chi connectivity index (χ1) is 14.6. The molecular formula is C26H29B2NO2. The Kier molecular flexibility index (Phi) is 5.53. The van der Waals surface area contributed by atoms with Gasteiger partial charge in [0.25, 0.3) is 0 Å². The SMILES string of the molecule is [B]c1c(B2OC(C)(C)C(C)(C)O2)cc(C)c(N(c2ccccc2)c2ccccc2)c1C. The van der Waals surface area contributed by atoms with Crippen molar-refractivity contribution in [1.82, 2.24) is 0 Å². The Labute approximate surface area is 187 Å². The van der Waals surface area contributed by atoms with Gasteiger partial charge in [0.2, 0.25) is 0 Å². The highest BCUT2D eigenvalue weighted by atomic mass is 16.7. The van der Waals surface area contributed by atoms with Crippen molar-refractivity contribution in [2.75, 3.05) is 4.90 Å². The van der Waals surface area contributed by atoms with Gasteiger partial charge in [-0.2, -0.15) is 0 Å². The molecule has 31 heavy (non-hydrogen) atoms. The number of anilines is 3. The standard InChI is InChI=1S/C26H29B2NO2/c1-18-17-22(28-30-25(3,4)26(5,6)31-28)23(27)19(2)24(18)29(20-13-9-7-10-14-20)21-15-11-8-12-16-21/h7-17H,1-6H3. The third-order valence-electron chi connectivity index (χ3n) is 6.58. The third-order valence-corrected chi connectivity index (χ3v) is 6.58.